The van der Waals surface area contributed by atoms with Gasteiger partial charge in [0.15, 0.2) is 4.67 Å². The minimum absolute atomic E-state index is 0.148. The van der Waals surface area contributed by atoms with Gasteiger partial charge < -0.3 is 20.2 Å². The van der Waals surface area contributed by atoms with Crippen molar-refractivity contribution in [2.75, 3.05) is 19.8 Å². The first kappa shape index (κ1) is 12.7. The molecule has 0 aliphatic rings. The van der Waals surface area contributed by atoms with Crippen LogP contribution in [0.5, 0.6) is 0 Å². The zero-order chi connectivity index (χ0) is 12.0. The Morgan fingerprint density at radius 2 is 2.31 bits per heavy atom. The second-order valence-electron chi connectivity index (χ2n) is 2.88. The molecule has 0 bridgehead atoms. The molecule has 3 N–H and O–H groups in total. The largest absolute Gasteiger partial charge is 0.457 e. The molecule has 0 unspecified atom stereocenters. The van der Waals surface area contributed by atoms with Gasteiger partial charge in [-0.25, -0.2) is 0 Å². The summed E-state index contributed by atoms with van der Waals surface area (Å²) in [5.74, 6) is -0.813. The van der Waals surface area contributed by atoms with E-state index in [1.165, 1.54) is 6.26 Å². The molecule has 0 saturated heterocycles. The standard InChI is InChI=1S/C9H11BrN2O4/c10-8-6(1-3-16-8)9(14)12-2-4-15-5-7(11)13/h1,3H,2,4-5H2,(H2,11,13)(H,12,14). The van der Waals surface area contributed by atoms with Crippen molar-refractivity contribution in [1.29, 1.82) is 0 Å². The maximum absolute atomic E-state index is 11.5. The molecule has 0 aliphatic heterocycles. The van der Waals surface area contributed by atoms with E-state index in [0.717, 1.165) is 0 Å². The zero-order valence-corrected chi connectivity index (χ0v) is 9.95. The van der Waals surface area contributed by atoms with Crippen molar-refractivity contribution in [3.63, 3.8) is 0 Å². The van der Waals surface area contributed by atoms with Crippen molar-refractivity contribution in [3.05, 3.63) is 22.6 Å². The number of hydrogen-bond acceptors (Lipinski definition) is 4. The van der Waals surface area contributed by atoms with Gasteiger partial charge in [-0.3, -0.25) is 9.59 Å². The molecule has 6 nitrogen and oxygen atoms in total. The minimum Gasteiger partial charge on any atom is -0.457 e. The fraction of sp³-hybridized carbons (Fsp3) is 0.333. The van der Waals surface area contributed by atoms with Crippen LogP contribution in [0.25, 0.3) is 0 Å². The molecule has 1 heterocycles. The van der Waals surface area contributed by atoms with Crippen molar-refractivity contribution in [3.8, 4) is 0 Å². The Hall–Kier alpha value is -1.34. The first-order valence-electron chi connectivity index (χ1n) is 4.48. The zero-order valence-electron chi connectivity index (χ0n) is 8.36. The van der Waals surface area contributed by atoms with E-state index in [-0.39, 0.29) is 19.1 Å². The molecule has 1 aromatic heterocycles. The molecule has 0 fully saturated rings. The number of nitrogens with two attached hydrogens (primary N) is 1. The van der Waals surface area contributed by atoms with Gasteiger partial charge in [0.05, 0.1) is 18.4 Å². The molecule has 2 amide bonds. The maximum atomic E-state index is 11.5. The molecule has 0 radical (unpaired) electrons. The van der Waals surface area contributed by atoms with Gasteiger partial charge in [-0.15, -0.1) is 0 Å². The van der Waals surface area contributed by atoms with Crippen LogP contribution in [0.15, 0.2) is 21.4 Å². The predicted molar refractivity (Wildman–Crippen MR) is 58.8 cm³/mol. The highest BCUT2D eigenvalue weighted by Crippen LogP contribution is 2.16. The fourth-order valence-electron chi connectivity index (χ4n) is 0.960. The molecule has 0 spiro atoms. The smallest absolute Gasteiger partial charge is 0.255 e. The van der Waals surface area contributed by atoms with Gasteiger partial charge in [0.2, 0.25) is 5.91 Å². The van der Waals surface area contributed by atoms with E-state index in [1.807, 2.05) is 0 Å². The minimum atomic E-state index is -0.538. The lowest BCUT2D eigenvalue weighted by Gasteiger charge is -2.03. The number of carbonyl (C=O) groups is 2. The summed E-state index contributed by atoms with van der Waals surface area (Å²) in [4.78, 5) is 21.8. The number of ether oxygens (including phenoxy) is 1. The molecule has 16 heavy (non-hydrogen) atoms. The first-order chi connectivity index (χ1) is 7.61. The molecule has 0 aliphatic carbocycles. The molecule has 0 atom stereocenters. The lowest BCUT2D eigenvalue weighted by molar-refractivity contribution is -0.122. The summed E-state index contributed by atoms with van der Waals surface area (Å²) in [6.07, 6.45) is 1.41. The average Bonchev–Trinajstić information content (AvgIpc) is 2.63. The molecule has 7 heteroatoms. The summed E-state index contributed by atoms with van der Waals surface area (Å²) < 4.78 is 10.2. The highest BCUT2D eigenvalue weighted by Gasteiger charge is 2.11. The number of amides is 2. The highest BCUT2D eigenvalue weighted by molar-refractivity contribution is 9.10. The van der Waals surface area contributed by atoms with Crippen LogP contribution in [0.2, 0.25) is 0 Å². The predicted octanol–water partition coefficient (Wildman–Crippen LogP) is 0.274. The number of halogens is 1. The number of hydrogen-bond donors (Lipinski definition) is 2. The summed E-state index contributed by atoms with van der Waals surface area (Å²) in [5.41, 5.74) is 5.27. The SMILES string of the molecule is NC(=O)COCCNC(=O)c1ccoc1Br. The molecular formula is C9H11BrN2O4. The van der Waals surface area contributed by atoms with Gasteiger partial charge >= 0.3 is 0 Å². The van der Waals surface area contributed by atoms with E-state index in [0.29, 0.717) is 16.8 Å². The second-order valence-corrected chi connectivity index (χ2v) is 3.60. The third kappa shape index (κ3) is 4.03. The normalized spacial score (nSPS) is 10.1. The molecule has 1 rings (SSSR count). The van der Waals surface area contributed by atoms with Gasteiger partial charge in [-0.2, -0.15) is 0 Å². The van der Waals surface area contributed by atoms with Gasteiger partial charge in [0.25, 0.3) is 5.91 Å². The summed E-state index contributed by atoms with van der Waals surface area (Å²) in [6.45, 7) is 0.374. The number of furan rings is 1. The third-order valence-electron chi connectivity index (χ3n) is 1.64. The van der Waals surface area contributed by atoms with Crippen molar-refractivity contribution in [1.82, 2.24) is 5.32 Å². The average molecular weight is 291 g/mol. The Morgan fingerprint density at radius 1 is 1.56 bits per heavy atom. The summed E-state index contributed by atoms with van der Waals surface area (Å²) >= 11 is 3.09. The van der Waals surface area contributed by atoms with Crippen molar-refractivity contribution < 1.29 is 18.7 Å². The lowest BCUT2D eigenvalue weighted by atomic mass is 10.3. The monoisotopic (exact) mass is 290 g/mol. The van der Waals surface area contributed by atoms with Gasteiger partial charge in [-0.05, 0) is 22.0 Å². The Labute approximate surface area is 100 Å². The van der Waals surface area contributed by atoms with Crippen LogP contribution < -0.4 is 11.1 Å². The number of rotatable bonds is 6. The number of carbonyl (C=O) groups excluding carboxylic acids is 2. The van der Waals surface area contributed by atoms with Gasteiger partial charge in [0, 0.05) is 6.54 Å². The third-order valence-corrected chi connectivity index (χ3v) is 2.25. The van der Waals surface area contributed by atoms with Crippen LogP contribution in [-0.2, 0) is 9.53 Å². The fourth-order valence-corrected chi connectivity index (χ4v) is 1.38. The Morgan fingerprint density at radius 3 is 2.88 bits per heavy atom. The number of nitrogens with one attached hydrogen (secondary N) is 1. The van der Waals surface area contributed by atoms with Gasteiger partial charge in [-0.1, -0.05) is 0 Å². The number of primary amides is 1. The molecule has 1 aromatic rings. The van der Waals surface area contributed by atoms with Crippen molar-refractivity contribution in [2.24, 2.45) is 5.73 Å². The van der Waals surface area contributed by atoms with Crippen LogP contribution in [0.4, 0.5) is 0 Å². The first-order valence-corrected chi connectivity index (χ1v) is 5.28. The van der Waals surface area contributed by atoms with Crippen LogP contribution in [-0.4, -0.2) is 31.6 Å². The summed E-state index contributed by atoms with van der Waals surface area (Å²) in [6, 6.07) is 1.55. The molecule has 0 saturated carbocycles. The summed E-state index contributed by atoms with van der Waals surface area (Å²) in [5, 5.41) is 2.59. The van der Waals surface area contributed by atoms with Crippen LogP contribution in [0.1, 0.15) is 10.4 Å². The topological polar surface area (TPSA) is 94.6 Å². The van der Waals surface area contributed by atoms with E-state index in [2.05, 4.69) is 21.2 Å². The van der Waals surface area contributed by atoms with E-state index in [9.17, 15) is 9.59 Å². The van der Waals surface area contributed by atoms with E-state index >= 15 is 0 Å². The van der Waals surface area contributed by atoms with Crippen LogP contribution >= 0.6 is 15.9 Å². The quantitative estimate of drug-likeness (QED) is 0.736. The Kier molecular flexibility index (Phi) is 5.00. The Balaban J connectivity index is 2.21. The second kappa shape index (κ2) is 6.29. The van der Waals surface area contributed by atoms with E-state index in [1.54, 1.807) is 6.07 Å². The molecular weight excluding hydrogens is 280 g/mol. The maximum Gasteiger partial charge on any atom is 0.255 e. The highest BCUT2D eigenvalue weighted by atomic mass is 79.9. The molecule has 88 valence electrons. The molecule has 0 aromatic carbocycles. The van der Waals surface area contributed by atoms with Crippen LogP contribution in [0, 0.1) is 0 Å². The lowest BCUT2D eigenvalue weighted by Crippen LogP contribution is -2.28. The Bertz CT molecular complexity index is 377. The van der Waals surface area contributed by atoms with Gasteiger partial charge in [0.1, 0.15) is 6.61 Å². The van der Waals surface area contributed by atoms with E-state index in [4.69, 9.17) is 14.9 Å². The summed E-state index contributed by atoms with van der Waals surface area (Å²) in [7, 11) is 0. The van der Waals surface area contributed by atoms with Crippen molar-refractivity contribution >= 4 is 27.7 Å². The van der Waals surface area contributed by atoms with Crippen LogP contribution in [0.3, 0.4) is 0 Å². The van der Waals surface area contributed by atoms with E-state index < -0.39 is 5.91 Å². The van der Waals surface area contributed by atoms with Crippen molar-refractivity contribution in [2.45, 2.75) is 0 Å².